The average molecular weight is 407 g/mol. The quantitative estimate of drug-likeness (QED) is 0.767. The number of carbonyl (C=O) groups is 1. The van der Waals surface area contributed by atoms with E-state index in [9.17, 15) is 17.6 Å². The first kappa shape index (κ1) is 20.2. The van der Waals surface area contributed by atoms with E-state index >= 15 is 0 Å². The van der Waals surface area contributed by atoms with Gasteiger partial charge in [0.25, 0.3) is 0 Å². The minimum atomic E-state index is -3.97. The van der Waals surface area contributed by atoms with Crippen LogP contribution in [0.1, 0.15) is 5.56 Å². The SMILES string of the molecule is Cc1ccccc1NC(=O)CNc1ccc(F)c(S(=O)(=O)N2CCOCC2)c1. The maximum Gasteiger partial charge on any atom is 0.246 e. The second-order valence-electron chi connectivity index (χ2n) is 6.38. The molecule has 1 amide bonds. The van der Waals surface area contributed by atoms with Gasteiger partial charge in [0.15, 0.2) is 0 Å². The van der Waals surface area contributed by atoms with Crippen LogP contribution >= 0.6 is 0 Å². The van der Waals surface area contributed by atoms with Gasteiger partial charge in [0.2, 0.25) is 15.9 Å². The highest BCUT2D eigenvalue weighted by Gasteiger charge is 2.29. The number of aryl methyl sites for hydroxylation is 1. The molecule has 1 aliphatic heterocycles. The van der Waals surface area contributed by atoms with E-state index in [0.29, 0.717) is 11.4 Å². The number of sulfonamides is 1. The first-order valence-electron chi connectivity index (χ1n) is 8.85. The standard InChI is InChI=1S/C19H22FN3O4S/c1-14-4-2-3-5-17(14)22-19(24)13-21-15-6-7-16(20)18(12-15)28(25,26)23-8-10-27-11-9-23/h2-7,12,21H,8-11,13H2,1H3,(H,22,24). The van der Waals surface area contributed by atoms with Gasteiger partial charge in [0, 0.05) is 24.5 Å². The molecule has 7 nitrogen and oxygen atoms in total. The highest BCUT2D eigenvalue weighted by molar-refractivity contribution is 7.89. The van der Waals surface area contributed by atoms with E-state index in [1.165, 1.54) is 16.4 Å². The molecule has 2 aromatic rings. The predicted octanol–water partition coefficient (Wildman–Crippen LogP) is 2.21. The number of hydrogen-bond acceptors (Lipinski definition) is 5. The molecule has 1 fully saturated rings. The van der Waals surface area contributed by atoms with Crippen LogP contribution in [0.4, 0.5) is 15.8 Å². The Hall–Kier alpha value is -2.49. The van der Waals surface area contributed by atoms with Gasteiger partial charge in [-0.25, -0.2) is 12.8 Å². The zero-order chi connectivity index (χ0) is 20.1. The third-order valence-corrected chi connectivity index (χ3v) is 6.30. The van der Waals surface area contributed by atoms with Crippen LogP contribution in [0.5, 0.6) is 0 Å². The Morgan fingerprint density at radius 1 is 1.18 bits per heavy atom. The van der Waals surface area contributed by atoms with Crippen molar-refractivity contribution < 1.29 is 22.3 Å². The lowest BCUT2D eigenvalue weighted by molar-refractivity contribution is -0.114. The van der Waals surface area contributed by atoms with E-state index in [4.69, 9.17) is 4.74 Å². The average Bonchev–Trinajstić information content (AvgIpc) is 2.69. The second kappa shape index (κ2) is 8.68. The molecule has 28 heavy (non-hydrogen) atoms. The first-order chi connectivity index (χ1) is 13.4. The molecule has 0 bridgehead atoms. The van der Waals surface area contributed by atoms with E-state index in [-0.39, 0.29) is 38.8 Å². The summed E-state index contributed by atoms with van der Waals surface area (Å²) in [6.07, 6.45) is 0. The van der Waals surface area contributed by atoms with E-state index in [1.54, 1.807) is 6.07 Å². The number of morpholine rings is 1. The monoisotopic (exact) mass is 407 g/mol. The van der Waals surface area contributed by atoms with E-state index in [0.717, 1.165) is 11.6 Å². The van der Waals surface area contributed by atoms with Crippen LogP contribution in [-0.2, 0) is 19.6 Å². The molecule has 0 aromatic heterocycles. The molecule has 1 aliphatic rings. The molecule has 1 heterocycles. The van der Waals surface area contributed by atoms with E-state index < -0.39 is 20.7 Å². The molecular formula is C19H22FN3O4S. The lowest BCUT2D eigenvalue weighted by Gasteiger charge is -2.26. The number of carbonyl (C=O) groups excluding carboxylic acids is 1. The number of benzene rings is 2. The number of amides is 1. The molecule has 0 saturated carbocycles. The number of hydrogen-bond donors (Lipinski definition) is 2. The summed E-state index contributed by atoms with van der Waals surface area (Å²) in [5, 5.41) is 5.61. The fourth-order valence-electron chi connectivity index (χ4n) is 2.83. The minimum Gasteiger partial charge on any atom is -0.379 e. The summed E-state index contributed by atoms with van der Waals surface area (Å²) in [5.74, 6) is -1.13. The number of rotatable bonds is 6. The van der Waals surface area contributed by atoms with Gasteiger partial charge in [0.1, 0.15) is 10.7 Å². The Morgan fingerprint density at radius 2 is 1.89 bits per heavy atom. The molecule has 0 radical (unpaired) electrons. The smallest absolute Gasteiger partial charge is 0.246 e. The first-order valence-corrected chi connectivity index (χ1v) is 10.3. The molecule has 1 saturated heterocycles. The van der Waals surface area contributed by atoms with Gasteiger partial charge in [-0.1, -0.05) is 18.2 Å². The molecule has 2 N–H and O–H groups in total. The zero-order valence-electron chi connectivity index (χ0n) is 15.4. The van der Waals surface area contributed by atoms with Gasteiger partial charge < -0.3 is 15.4 Å². The topological polar surface area (TPSA) is 87.7 Å². The third kappa shape index (κ3) is 4.67. The van der Waals surface area contributed by atoms with Crippen molar-refractivity contribution >= 4 is 27.3 Å². The Kier molecular flexibility index (Phi) is 6.28. The summed E-state index contributed by atoms with van der Waals surface area (Å²) < 4.78 is 46.0. The molecule has 150 valence electrons. The molecule has 0 unspecified atom stereocenters. The van der Waals surface area contributed by atoms with E-state index in [2.05, 4.69) is 10.6 Å². The number of halogens is 1. The van der Waals surface area contributed by atoms with Gasteiger partial charge in [0.05, 0.1) is 19.8 Å². The third-order valence-electron chi connectivity index (χ3n) is 4.39. The Labute approximate surface area is 163 Å². The van der Waals surface area contributed by atoms with Crippen LogP contribution in [0.25, 0.3) is 0 Å². The molecular weight excluding hydrogens is 385 g/mol. The Balaban J connectivity index is 1.69. The van der Waals surface area contributed by atoms with Crippen molar-refractivity contribution in [2.24, 2.45) is 0 Å². The fourth-order valence-corrected chi connectivity index (χ4v) is 4.33. The lowest BCUT2D eigenvalue weighted by atomic mass is 10.2. The van der Waals surface area contributed by atoms with Crippen molar-refractivity contribution in [2.45, 2.75) is 11.8 Å². The normalized spacial score (nSPS) is 15.2. The molecule has 3 rings (SSSR count). The Morgan fingerprint density at radius 3 is 2.61 bits per heavy atom. The number of anilines is 2. The van der Waals surface area contributed by atoms with Crippen LogP contribution in [0.3, 0.4) is 0 Å². The highest BCUT2D eigenvalue weighted by atomic mass is 32.2. The van der Waals surface area contributed by atoms with Crippen LogP contribution < -0.4 is 10.6 Å². The van der Waals surface area contributed by atoms with Gasteiger partial charge in [-0.05, 0) is 36.8 Å². The highest BCUT2D eigenvalue weighted by Crippen LogP contribution is 2.24. The van der Waals surface area contributed by atoms with E-state index in [1.807, 2.05) is 25.1 Å². The Bertz CT molecular complexity index is 959. The summed E-state index contributed by atoms with van der Waals surface area (Å²) in [6, 6.07) is 11.0. The van der Waals surface area contributed by atoms with Gasteiger partial charge in [-0.15, -0.1) is 0 Å². The summed E-state index contributed by atoms with van der Waals surface area (Å²) in [6.45, 7) is 2.70. The summed E-state index contributed by atoms with van der Waals surface area (Å²) in [7, 11) is -3.97. The zero-order valence-corrected chi connectivity index (χ0v) is 16.3. The van der Waals surface area contributed by atoms with Crippen molar-refractivity contribution in [1.29, 1.82) is 0 Å². The van der Waals surface area contributed by atoms with Gasteiger partial charge in [-0.2, -0.15) is 4.31 Å². The molecule has 9 heteroatoms. The number of ether oxygens (including phenoxy) is 1. The van der Waals surface area contributed by atoms with Gasteiger partial charge in [-0.3, -0.25) is 4.79 Å². The van der Waals surface area contributed by atoms with Crippen LogP contribution in [0.15, 0.2) is 47.4 Å². The number of nitrogens with zero attached hydrogens (tertiary/aromatic N) is 1. The summed E-state index contributed by atoms with van der Waals surface area (Å²) in [4.78, 5) is 11.7. The van der Waals surface area contributed by atoms with Crippen LogP contribution in [0.2, 0.25) is 0 Å². The second-order valence-corrected chi connectivity index (χ2v) is 8.28. The number of para-hydroxylation sites is 1. The molecule has 2 aromatic carbocycles. The van der Waals surface area contributed by atoms with Crippen molar-refractivity contribution in [3.8, 4) is 0 Å². The van der Waals surface area contributed by atoms with Crippen LogP contribution in [0, 0.1) is 12.7 Å². The van der Waals surface area contributed by atoms with Crippen molar-refractivity contribution in [3.05, 3.63) is 53.8 Å². The molecule has 0 aliphatic carbocycles. The number of nitrogens with one attached hydrogen (secondary N) is 2. The lowest BCUT2D eigenvalue weighted by Crippen LogP contribution is -2.40. The maximum atomic E-state index is 14.2. The maximum absolute atomic E-state index is 14.2. The summed E-state index contributed by atoms with van der Waals surface area (Å²) >= 11 is 0. The fraction of sp³-hybridized carbons (Fsp3) is 0.316. The van der Waals surface area contributed by atoms with Crippen molar-refractivity contribution in [3.63, 3.8) is 0 Å². The summed E-state index contributed by atoms with van der Waals surface area (Å²) in [5.41, 5.74) is 1.97. The molecule has 0 spiro atoms. The minimum absolute atomic E-state index is 0.0863. The van der Waals surface area contributed by atoms with Crippen molar-refractivity contribution in [2.75, 3.05) is 43.5 Å². The largest absolute Gasteiger partial charge is 0.379 e. The van der Waals surface area contributed by atoms with Crippen LogP contribution in [-0.4, -0.2) is 51.5 Å². The predicted molar refractivity (Wildman–Crippen MR) is 104 cm³/mol. The molecule has 0 atom stereocenters. The van der Waals surface area contributed by atoms with Crippen molar-refractivity contribution in [1.82, 2.24) is 4.31 Å². The van der Waals surface area contributed by atoms with Gasteiger partial charge >= 0.3 is 0 Å².